The molecule has 0 saturated heterocycles. The van der Waals surface area contributed by atoms with Crippen LogP contribution in [0.1, 0.15) is 0 Å². The number of nitrogens with zero attached hydrogens (tertiary/aromatic N) is 4. The average molecular weight is 372 g/mol. The second-order valence-electron chi connectivity index (χ2n) is 4.00. The van der Waals surface area contributed by atoms with Crippen LogP contribution in [-0.4, -0.2) is 31.5 Å². The maximum Gasteiger partial charge on any atom is 0.286 e. The highest BCUT2D eigenvalue weighted by atomic mass is 79.9. The molecule has 3 aromatic heterocycles. The third-order valence-corrected chi connectivity index (χ3v) is 3.63. The van der Waals surface area contributed by atoms with Crippen LogP contribution in [0, 0.1) is 10.6 Å². The van der Waals surface area contributed by atoms with Crippen LogP contribution < -0.4 is 10.3 Å². The van der Waals surface area contributed by atoms with Crippen molar-refractivity contribution in [2.24, 2.45) is 0 Å². The van der Waals surface area contributed by atoms with E-state index in [0.29, 0.717) is 4.47 Å². The van der Waals surface area contributed by atoms with E-state index in [9.17, 15) is 9.18 Å². The van der Waals surface area contributed by atoms with Gasteiger partial charge in [0.2, 0.25) is 10.7 Å². The predicted molar refractivity (Wildman–Crippen MR) is 78.0 cm³/mol. The molecule has 3 rings (SSSR count). The van der Waals surface area contributed by atoms with E-state index in [0.717, 1.165) is 10.6 Å². The van der Waals surface area contributed by atoms with Crippen molar-refractivity contribution in [2.45, 2.75) is 0 Å². The van der Waals surface area contributed by atoms with E-state index in [1.165, 1.54) is 24.1 Å². The molecule has 108 valence electrons. The van der Waals surface area contributed by atoms with Gasteiger partial charge in [-0.15, -0.1) is 0 Å². The van der Waals surface area contributed by atoms with Crippen LogP contribution in [0.4, 0.5) is 4.39 Å². The Hall–Kier alpha value is -2.07. The molecule has 0 spiro atoms. The molecule has 21 heavy (non-hydrogen) atoms. The minimum absolute atomic E-state index is 0.0643. The molecule has 0 fully saturated rings. The largest absolute Gasteiger partial charge is 0.479 e. The molecule has 0 aliphatic carbocycles. The highest BCUT2D eigenvalue weighted by Crippen LogP contribution is 2.17. The summed E-state index contributed by atoms with van der Waals surface area (Å²) >= 11 is 8.34. The van der Waals surface area contributed by atoms with Gasteiger partial charge in [-0.05, 0) is 28.1 Å². The number of ether oxygens (including phenoxy) is 1. The van der Waals surface area contributed by atoms with E-state index >= 15 is 0 Å². The normalized spacial score (nSPS) is 11.0. The van der Waals surface area contributed by atoms with Crippen molar-refractivity contribution in [3.05, 3.63) is 43.9 Å². The molecule has 0 aromatic carbocycles. The van der Waals surface area contributed by atoms with Crippen molar-refractivity contribution < 1.29 is 9.13 Å². The second-order valence-corrected chi connectivity index (χ2v) is 5.24. The molecular formula is C11H7BrFN5O2S. The summed E-state index contributed by atoms with van der Waals surface area (Å²) in [6.07, 6.45) is 2.76. The van der Waals surface area contributed by atoms with E-state index in [1.807, 2.05) is 0 Å². The third-order valence-electron chi connectivity index (χ3n) is 2.78. The SMILES string of the molecule is COc1ncc(-n2c(=S)[nH]n3ncc(Br)c3c2=O)cc1F. The molecule has 0 bridgehead atoms. The number of hydrogen-bond donors (Lipinski definition) is 1. The van der Waals surface area contributed by atoms with Gasteiger partial charge in [-0.3, -0.25) is 9.89 Å². The summed E-state index contributed by atoms with van der Waals surface area (Å²) in [4.78, 5) is 16.3. The Morgan fingerprint density at radius 2 is 2.24 bits per heavy atom. The van der Waals surface area contributed by atoms with Crippen LogP contribution in [-0.2, 0) is 0 Å². The lowest BCUT2D eigenvalue weighted by Crippen LogP contribution is -2.23. The Bertz CT molecular complexity index is 963. The van der Waals surface area contributed by atoms with E-state index in [4.69, 9.17) is 17.0 Å². The summed E-state index contributed by atoms with van der Waals surface area (Å²) < 4.78 is 21.4. The first kappa shape index (κ1) is 13.9. The molecule has 0 atom stereocenters. The number of pyridine rings is 1. The zero-order valence-electron chi connectivity index (χ0n) is 10.5. The second kappa shape index (κ2) is 5.04. The number of aromatic nitrogens is 5. The molecule has 0 saturated carbocycles. The Kier molecular flexibility index (Phi) is 3.33. The number of methoxy groups -OCH3 is 1. The van der Waals surface area contributed by atoms with Gasteiger partial charge in [0.05, 0.1) is 29.7 Å². The maximum atomic E-state index is 13.8. The smallest absolute Gasteiger partial charge is 0.286 e. The quantitative estimate of drug-likeness (QED) is 0.695. The highest BCUT2D eigenvalue weighted by Gasteiger charge is 2.14. The summed E-state index contributed by atoms with van der Waals surface area (Å²) in [6.45, 7) is 0. The van der Waals surface area contributed by atoms with Crippen LogP contribution in [0.5, 0.6) is 5.88 Å². The van der Waals surface area contributed by atoms with E-state index in [1.54, 1.807) is 0 Å². The van der Waals surface area contributed by atoms with Crippen molar-refractivity contribution in [1.29, 1.82) is 0 Å². The highest BCUT2D eigenvalue weighted by molar-refractivity contribution is 9.10. The van der Waals surface area contributed by atoms with Gasteiger partial charge in [0.25, 0.3) is 5.56 Å². The summed E-state index contributed by atoms with van der Waals surface area (Å²) in [5.41, 5.74) is -0.00975. The lowest BCUT2D eigenvalue weighted by Gasteiger charge is -2.08. The van der Waals surface area contributed by atoms with Gasteiger partial charge in [-0.1, -0.05) is 0 Å². The van der Waals surface area contributed by atoms with Crippen LogP contribution in [0.2, 0.25) is 0 Å². The fraction of sp³-hybridized carbons (Fsp3) is 0.0909. The average Bonchev–Trinajstić information content (AvgIpc) is 2.80. The first-order valence-corrected chi connectivity index (χ1v) is 6.81. The molecular weight excluding hydrogens is 365 g/mol. The predicted octanol–water partition coefficient (Wildman–Crippen LogP) is 1.85. The molecule has 1 N–H and O–H groups in total. The van der Waals surface area contributed by atoms with E-state index in [2.05, 4.69) is 31.1 Å². The number of aromatic amines is 1. The standard InChI is InChI=1S/C11H7BrFN5O2S/c1-20-9-7(13)2-5(3-14-9)17-10(19)8-6(12)4-15-18(8)16-11(17)21/h2-4H,1H3,(H,16,21). The number of fused-ring (bicyclic) bond motifs is 1. The Morgan fingerprint density at radius 1 is 1.48 bits per heavy atom. The molecule has 0 aliphatic heterocycles. The summed E-state index contributed by atoms with van der Waals surface area (Å²) in [6, 6.07) is 1.12. The molecule has 7 nitrogen and oxygen atoms in total. The Morgan fingerprint density at radius 3 is 2.90 bits per heavy atom. The minimum atomic E-state index is -0.691. The van der Waals surface area contributed by atoms with Crippen LogP contribution >= 0.6 is 28.1 Å². The van der Waals surface area contributed by atoms with Gasteiger partial charge < -0.3 is 4.74 Å². The summed E-state index contributed by atoms with van der Waals surface area (Å²) in [5.74, 6) is -0.850. The van der Waals surface area contributed by atoms with Crippen molar-refractivity contribution in [3.63, 3.8) is 0 Å². The lowest BCUT2D eigenvalue weighted by molar-refractivity contribution is 0.369. The molecule has 0 radical (unpaired) electrons. The lowest BCUT2D eigenvalue weighted by atomic mass is 10.4. The number of H-pyrrole nitrogens is 1. The monoisotopic (exact) mass is 371 g/mol. The van der Waals surface area contributed by atoms with Crippen molar-refractivity contribution in [1.82, 2.24) is 24.4 Å². The first-order valence-electron chi connectivity index (χ1n) is 5.61. The fourth-order valence-corrected chi connectivity index (χ4v) is 2.57. The zero-order chi connectivity index (χ0) is 15.1. The fourth-order valence-electron chi connectivity index (χ4n) is 1.87. The van der Waals surface area contributed by atoms with Crippen LogP contribution in [0.15, 0.2) is 27.7 Å². The van der Waals surface area contributed by atoms with E-state index < -0.39 is 11.4 Å². The first-order chi connectivity index (χ1) is 10.0. The van der Waals surface area contributed by atoms with Gasteiger partial charge in [-0.25, -0.2) is 13.9 Å². The van der Waals surface area contributed by atoms with Gasteiger partial charge in [0.15, 0.2) is 11.3 Å². The molecule has 3 heterocycles. The number of nitrogens with one attached hydrogen (secondary N) is 1. The van der Waals surface area contributed by atoms with Gasteiger partial charge in [0.1, 0.15) is 0 Å². The van der Waals surface area contributed by atoms with Crippen LogP contribution in [0.25, 0.3) is 11.2 Å². The number of hydrogen-bond acceptors (Lipinski definition) is 5. The Labute approximate surface area is 130 Å². The number of rotatable bonds is 2. The summed E-state index contributed by atoms with van der Waals surface area (Å²) in [5, 5.41) is 6.68. The van der Waals surface area contributed by atoms with Gasteiger partial charge in [0, 0.05) is 6.07 Å². The van der Waals surface area contributed by atoms with Gasteiger partial charge in [-0.2, -0.15) is 9.73 Å². The maximum absolute atomic E-state index is 13.8. The minimum Gasteiger partial charge on any atom is -0.479 e. The Balaban J connectivity index is 2.35. The van der Waals surface area contributed by atoms with E-state index in [-0.39, 0.29) is 21.9 Å². The van der Waals surface area contributed by atoms with Gasteiger partial charge >= 0.3 is 0 Å². The zero-order valence-corrected chi connectivity index (χ0v) is 12.9. The molecule has 3 aromatic rings. The van der Waals surface area contributed by atoms with Crippen LogP contribution in [0.3, 0.4) is 0 Å². The van der Waals surface area contributed by atoms with Crippen molar-refractivity contribution in [2.75, 3.05) is 7.11 Å². The summed E-state index contributed by atoms with van der Waals surface area (Å²) in [7, 11) is 1.30. The topological polar surface area (TPSA) is 77.2 Å². The molecule has 0 aliphatic rings. The van der Waals surface area contributed by atoms with Crippen molar-refractivity contribution >= 4 is 33.7 Å². The molecule has 10 heteroatoms. The van der Waals surface area contributed by atoms with Crippen molar-refractivity contribution in [3.8, 4) is 11.6 Å². The molecule has 0 unspecified atom stereocenters. The third kappa shape index (κ3) is 2.16. The number of halogens is 2. The molecule has 0 amide bonds.